The number of carboxylic acids is 1. The van der Waals surface area contributed by atoms with E-state index in [0.29, 0.717) is 34.9 Å². The molecule has 3 aromatic rings. The number of halogens is 2. The third-order valence-electron chi connectivity index (χ3n) is 8.96. The average Bonchev–Trinajstić information content (AvgIpc) is 2.93. The molecular formula is C36H45ClFN3O3. The number of hydrogen-bond donors (Lipinski definition) is 1. The molecule has 0 saturated carbocycles. The minimum Gasteiger partial charge on any atom is -0.479 e. The van der Waals surface area contributed by atoms with Crippen LogP contribution in [0.25, 0.3) is 11.1 Å². The van der Waals surface area contributed by atoms with Crippen LogP contribution in [-0.4, -0.2) is 46.2 Å². The zero-order chi connectivity index (χ0) is 32.0. The van der Waals surface area contributed by atoms with Gasteiger partial charge in [0.2, 0.25) is 0 Å². The lowest BCUT2D eigenvalue weighted by molar-refractivity contribution is -0.160. The van der Waals surface area contributed by atoms with Crippen LogP contribution in [0.15, 0.2) is 36.4 Å². The molecule has 0 radical (unpaired) electrons. The molecule has 1 fully saturated rings. The van der Waals surface area contributed by atoms with Gasteiger partial charge in [-0.2, -0.15) is 0 Å². The standard InChI is InChI=1S/C36H45ClFN3O3/c1-22-30(25-8-9-26-20-40(15-12-24(26)18-25)21-27-19-28(37)10-11-29(27)38)32(41-16-13-36(6,7)14-17-41)31(23(2)39-22)33(34(42)43)44-35(3,4)5/h8-11,18-19,33H,12-17,20-21H2,1-7H3,(H,42,43)/t33-/m0/s1. The number of piperidine rings is 1. The van der Waals surface area contributed by atoms with E-state index in [4.69, 9.17) is 21.3 Å². The summed E-state index contributed by atoms with van der Waals surface area (Å²) < 4.78 is 20.7. The molecule has 5 rings (SSSR count). The van der Waals surface area contributed by atoms with E-state index in [-0.39, 0.29) is 11.2 Å². The van der Waals surface area contributed by atoms with Crippen molar-refractivity contribution in [2.24, 2.45) is 5.41 Å². The largest absolute Gasteiger partial charge is 0.479 e. The van der Waals surface area contributed by atoms with Crippen LogP contribution in [0, 0.1) is 25.1 Å². The molecule has 44 heavy (non-hydrogen) atoms. The highest BCUT2D eigenvalue weighted by atomic mass is 35.5. The summed E-state index contributed by atoms with van der Waals surface area (Å²) in [7, 11) is 0. The second-order valence-electron chi connectivity index (χ2n) is 14.2. The Morgan fingerprint density at radius 3 is 2.43 bits per heavy atom. The van der Waals surface area contributed by atoms with Crippen molar-refractivity contribution >= 4 is 23.3 Å². The Labute approximate surface area is 266 Å². The lowest BCUT2D eigenvalue weighted by Gasteiger charge is -2.41. The number of benzene rings is 2. The van der Waals surface area contributed by atoms with Gasteiger partial charge in [0, 0.05) is 65.8 Å². The fraction of sp³-hybridized carbons (Fsp3) is 0.500. The van der Waals surface area contributed by atoms with Crippen molar-refractivity contribution in [2.45, 2.75) is 92.5 Å². The molecule has 2 aromatic carbocycles. The number of anilines is 1. The topological polar surface area (TPSA) is 65.9 Å². The third kappa shape index (κ3) is 7.11. The summed E-state index contributed by atoms with van der Waals surface area (Å²) in [5.41, 5.74) is 7.76. The second kappa shape index (κ2) is 12.4. The zero-order valence-electron chi connectivity index (χ0n) is 27.1. The van der Waals surface area contributed by atoms with E-state index in [2.05, 4.69) is 41.8 Å². The number of ether oxygens (including phenoxy) is 1. The van der Waals surface area contributed by atoms with Gasteiger partial charge in [0.25, 0.3) is 0 Å². The monoisotopic (exact) mass is 621 g/mol. The van der Waals surface area contributed by atoms with Gasteiger partial charge in [-0.15, -0.1) is 0 Å². The molecule has 1 atom stereocenters. The molecule has 8 heteroatoms. The normalized spacial score (nSPS) is 17.8. The van der Waals surface area contributed by atoms with Crippen LogP contribution < -0.4 is 4.90 Å². The van der Waals surface area contributed by atoms with Gasteiger partial charge in [-0.25, -0.2) is 9.18 Å². The number of aryl methyl sites for hydroxylation is 2. The van der Waals surface area contributed by atoms with Gasteiger partial charge < -0.3 is 14.7 Å². The highest BCUT2D eigenvalue weighted by molar-refractivity contribution is 6.30. The highest BCUT2D eigenvalue weighted by Crippen LogP contribution is 2.45. The lowest BCUT2D eigenvalue weighted by Crippen LogP contribution is -2.39. The second-order valence-corrected chi connectivity index (χ2v) is 14.6. The maximum atomic E-state index is 14.5. The summed E-state index contributed by atoms with van der Waals surface area (Å²) in [6.07, 6.45) is 1.70. The number of carbonyl (C=O) groups is 1. The lowest BCUT2D eigenvalue weighted by atomic mass is 9.81. The van der Waals surface area contributed by atoms with Gasteiger partial charge in [-0.05, 0) is 94.2 Å². The van der Waals surface area contributed by atoms with Crippen molar-refractivity contribution in [3.05, 3.63) is 80.9 Å². The molecule has 0 spiro atoms. The first-order valence-electron chi connectivity index (χ1n) is 15.6. The number of aromatic nitrogens is 1. The summed E-state index contributed by atoms with van der Waals surface area (Å²) in [6, 6.07) is 11.2. The minimum absolute atomic E-state index is 0.230. The van der Waals surface area contributed by atoms with Crippen LogP contribution in [0.1, 0.15) is 87.2 Å². The van der Waals surface area contributed by atoms with Crippen molar-refractivity contribution in [1.82, 2.24) is 9.88 Å². The Hall–Kier alpha value is -3.00. The summed E-state index contributed by atoms with van der Waals surface area (Å²) in [5, 5.41) is 11.0. The number of carboxylic acid groups (broad SMARTS) is 1. The Balaban J connectivity index is 1.57. The number of fused-ring (bicyclic) bond motifs is 1. The van der Waals surface area contributed by atoms with Crippen LogP contribution in [-0.2, 0) is 29.0 Å². The molecule has 1 N–H and O–H groups in total. The summed E-state index contributed by atoms with van der Waals surface area (Å²) in [6.45, 7) is 17.8. The van der Waals surface area contributed by atoms with Crippen molar-refractivity contribution in [1.29, 1.82) is 0 Å². The molecule has 0 aliphatic carbocycles. The summed E-state index contributed by atoms with van der Waals surface area (Å²) in [4.78, 5) is 22.3. The van der Waals surface area contributed by atoms with Crippen LogP contribution >= 0.6 is 11.6 Å². The predicted octanol–water partition coefficient (Wildman–Crippen LogP) is 8.28. The Kier molecular flexibility index (Phi) is 9.14. The molecule has 0 bridgehead atoms. The summed E-state index contributed by atoms with van der Waals surface area (Å²) in [5.74, 6) is -1.25. The molecule has 1 saturated heterocycles. The Morgan fingerprint density at radius 1 is 1.07 bits per heavy atom. The maximum absolute atomic E-state index is 14.5. The van der Waals surface area contributed by atoms with Gasteiger partial charge in [0.05, 0.1) is 11.3 Å². The Bertz CT molecular complexity index is 1560. The van der Waals surface area contributed by atoms with Crippen molar-refractivity contribution < 1.29 is 19.0 Å². The number of nitrogens with zero attached hydrogens (tertiary/aromatic N) is 3. The maximum Gasteiger partial charge on any atom is 0.337 e. The minimum atomic E-state index is -1.15. The van der Waals surface area contributed by atoms with Gasteiger partial charge in [0.1, 0.15) is 5.82 Å². The van der Waals surface area contributed by atoms with Crippen LogP contribution in [0.3, 0.4) is 0 Å². The van der Waals surface area contributed by atoms with Crippen molar-refractivity contribution in [2.75, 3.05) is 24.5 Å². The Morgan fingerprint density at radius 2 is 1.77 bits per heavy atom. The first-order valence-corrected chi connectivity index (χ1v) is 15.9. The zero-order valence-corrected chi connectivity index (χ0v) is 27.8. The molecule has 0 unspecified atom stereocenters. The molecule has 2 aliphatic heterocycles. The number of hydrogen-bond acceptors (Lipinski definition) is 5. The van der Waals surface area contributed by atoms with E-state index >= 15 is 0 Å². The van der Waals surface area contributed by atoms with Gasteiger partial charge in [-0.3, -0.25) is 9.88 Å². The molecule has 2 aliphatic rings. The smallest absolute Gasteiger partial charge is 0.337 e. The van der Waals surface area contributed by atoms with Gasteiger partial charge >= 0.3 is 5.97 Å². The number of aliphatic carboxylic acids is 1. The molecule has 6 nitrogen and oxygen atoms in total. The number of pyridine rings is 1. The highest BCUT2D eigenvalue weighted by Gasteiger charge is 2.36. The molecule has 236 valence electrons. The molecular weight excluding hydrogens is 577 g/mol. The van der Waals surface area contributed by atoms with Crippen LogP contribution in [0.4, 0.5) is 10.1 Å². The predicted molar refractivity (Wildman–Crippen MR) is 175 cm³/mol. The van der Waals surface area contributed by atoms with E-state index in [1.807, 2.05) is 34.6 Å². The van der Waals surface area contributed by atoms with Crippen LogP contribution in [0.2, 0.25) is 5.02 Å². The van der Waals surface area contributed by atoms with E-state index in [9.17, 15) is 14.3 Å². The molecule has 1 aromatic heterocycles. The van der Waals surface area contributed by atoms with E-state index < -0.39 is 17.7 Å². The quantitative estimate of drug-likeness (QED) is 0.286. The first-order chi connectivity index (χ1) is 20.6. The fourth-order valence-electron chi connectivity index (χ4n) is 6.56. The number of rotatable bonds is 7. The fourth-order valence-corrected chi connectivity index (χ4v) is 6.76. The van der Waals surface area contributed by atoms with Crippen LogP contribution in [0.5, 0.6) is 0 Å². The summed E-state index contributed by atoms with van der Waals surface area (Å²) >= 11 is 6.14. The van der Waals surface area contributed by atoms with Gasteiger partial charge in [0.15, 0.2) is 6.10 Å². The molecule has 3 heterocycles. The third-order valence-corrected chi connectivity index (χ3v) is 9.19. The van der Waals surface area contributed by atoms with Gasteiger partial charge in [-0.1, -0.05) is 43.6 Å². The van der Waals surface area contributed by atoms with E-state index in [1.54, 1.807) is 12.1 Å². The average molecular weight is 622 g/mol. The van der Waals surface area contributed by atoms with E-state index in [0.717, 1.165) is 61.4 Å². The van der Waals surface area contributed by atoms with Crippen molar-refractivity contribution in [3.8, 4) is 11.1 Å². The van der Waals surface area contributed by atoms with Crippen molar-refractivity contribution in [3.63, 3.8) is 0 Å². The molecule has 0 amide bonds. The van der Waals surface area contributed by atoms with E-state index in [1.165, 1.54) is 17.2 Å². The first kappa shape index (κ1) is 32.4. The SMILES string of the molecule is Cc1nc(C)c([C@H](OC(C)(C)C)C(=O)O)c(N2CCC(C)(C)CC2)c1-c1ccc2c(c1)CCN(Cc1cc(Cl)ccc1F)C2.